The Kier molecular flexibility index (Phi) is 6.65. The van der Waals surface area contributed by atoms with Gasteiger partial charge >= 0.3 is 0 Å². The molecule has 0 aromatic carbocycles. The molecular formula is C14H28N2O2. The van der Waals surface area contributed by atoms with E-state index in [4.69, 9.17) is 5.11 Å². The van der Waals surface area contributed by atoms with Gasteiger partial charge in [-0.05, 0) is 46.6 Å². The maximum absolute atomic E-state index is 12.4. The highest BCUT2D eigenvalue weighted by Gasteiger charge is 2.31. The van der Waals surface area contributed by atoms with Gasteiger partial charge in [0.1, 0.15) is 0 Å². The Morgan fingerprint density at radius 3 is 2.61 bits per heavy atom. The summed E-state index contributed by atoms with van der Waals surface area (Å²) in [6, 6.07) is 0.319. The molecule has 0 bridgehead atoms. The van der Waals surface area contributed by atoms with E-state index in [9.17, 15) is 4.79 Å². The third-order valence-corrected chi connectivity index (χ3v) is 4.06. The lowest BCUT2D eigenvalue weighted by Crippen LogP contribution is -2.52. The molecule has 1 heterocycles. The summed E-state index contributed by atoms with van der Waals surface area (Å²) in [4.78, 5) is 16.6. The number of amides is 1. The van der Waals surface area contributed by atoms with Crippen LogP contribution in [0.25, 0.3) is 0 Å². The largest absolute Gasteiger partial charge is 0.396 e. The van der Waals surface area contributed by atoms with E-state index in [1.54, 1.807) is 0 Å². The average Bonchev–Trinajstić information content (AvgIpc) is 2.40. The smallest absolute Gasteiger partial charge is 0.239 e. The minimum absolute atomic E-state index is 0.0539. The molecule has 1 saturated heterocycles. The molecule has 1 rings (SSSR count). The average molecular weight is 256 g/mol. The molecule has 1 aliphatic rings. The molecular weight excluding hydrogens is 228 g/mol. The molecule has 1 fully saturated rings. The van der Waals surface area contributed by atoms with Gasteiger partial charge in [-0.15, -0.1) is 0 Å². The molecule has 2 unspecified atom stereocenters. The Morgan fingerprint density at radius 2 is 2.06 bits per heavy atom. The number of aliphatic hydroxyl groups excluding tert-OH is 1. The van der Waals surface area contributed by atoms with Crippen LogP contribution in [0.1, 0.15) is 46.5 Å². The molecule has 1 N–H and O–H groups in total. The third kappa shape index (κ3) is 3.69. The monoisotopic (exact) mass is 256 g/mol. The van der Waals surface area contributed by atoms with Crippen LogP contribution in [0, 0.1) is 0 Å². The molecule has 18 heavy (non-hydrogen) atoms. The first kappa shape index (κ1) is 15.4. The van der Waals surface area contributed by atoms with Gasteiger partial charge < -0.3 is 10.0 Å². The van der Waals surface area contributed by atoms with Crippen LogP contribution >= 0.6 is 0 Å². The SMILES string of the molecule is CCN(CC)C(=O)C(C)N1CCCCC1CCO. The first-order valence-electron chi connectivity index (χ1n) is 7.31. The van der Waals surface area contributed by atoms with E-state index >= 15 is 0 Å². The van der Waals surface area contributed by atoms with Crippen molar-refractivity contribution in [3.63, 3.8) is 0 Å². The molecule has 4 nitrogen and oxygen atoms in total. The molecule has 4 heteroatoms. The van der Waals surface area contributed by atoms with Crippen molar-refractivity contribution in [3.8, 4) is 0 Å². The molecule has 106 valence electrons. The number of rotatable bonds is 6. The first-order chi connectivity index (χ1) is 8.65. The number of hydrogen-bond donors (Lipinski definition) is 1. The molecule has 0 aliphatic carbocycles. The lowest BCUT2D eigenvalue weighted by molar-refractivity contribution is -0.137. The minimum Gasteiger partial charge on any atom is -0.396 e. The predicted molar refractivity (Wildman–Crippen MR) is 73.4 cm³/mol. The number of likely N-dealkylation sites (N-methyl/N-ethyl adjacent to an activating group) is 1. The van der Waals surface area contributed by atoms with Gasteiger partial charge in [-0.25, -0.2) is 0 Å². The van der Waals surface area contributed by atoms with Gasteiger partial charge in [0, 0.05) is 25.7 Å². The van der Waals surface area contributed by atoms with Crippen LogP contribution in [0.15, 0.2) is 0 Å². The summed E-state index contributed by atoms with van der Waals surface area (Å²) in [5.41, 5.74) is 0. The van der Waals surface area contributed by atoms with Crippen LogP contribution in [0.3, 0.4) is 0 Å². The summed E-state index contributed by atoms with van der Waals surface area (Å²) in [5, 5.41) is 9.14. The number of hydrogen-bond acceptors (Lipinski definition) is 3. The van der Waals surface area contributed by atoms with Crippen LogP contribution in [0.2, 0.25) is 0 Å². The van der Waals surface area contributed by atoms with Gasteiger partial charge in [0.15, 0.2) is 0 Å². The van der Waals surface area contributed by atoms with Crippen molar-refractivity contribution < 1.29 is 9.90 Å². The Morgan fingerprint density at radius 1 is 1.39 bits per heavy atom. The molecule has 0 spiro atoms. The zero-order valence-electron chi connectivity index (χ0n) is 12.1. The maximum Gasteiger partial charge on any atom is 0.239 e. The van der Waals surface area contributed by atoms with Gasteiger partial charge in [0.2, 0.25) is 5.91 Å². The van der Waals surface area contributed by atoms with Crippen molar-refractivity contribution in [2.45, 2.75) is 58.5 Å². The number of nitrogens with zero attached hydrogens (tertiary/aromatic N) is 2. The summed E-state index contributed by atoms with van der Waals surface area (Å²) in [6.45, 7) is 8.81. The number of carbonyl (C=O) groups excluding carboxylic acids is 1. The van der Waals surface area contributed by atoms with E-state index in [0.29, 0.717) is 6.04 Å². The second kappa shape index (κ2) is 7.74. The number of likely N-dealkylation sites (tertiary alicyclic amines) is 1. The fourth-order valence-electron chi connectivity index (χ4n) is 2.93. The summed E-state index contributed by atoms with van der Waals surface area (Å²) in [5.74, 6) is 0.227. The summed E-state index contributed by atoms with van der Waals surface area (Å²) in [6.07, 6.45) is 4.28. The highest BCUT2D eigenvalue weighted by molar-refractivity contribution is 5.81. The van der Waals surface area contributed by atoms with Crippen molar-refractivity contribution in [1.82, 2.24) is 9.80 Å². The van der Waals surface area contributed by atoms with Crippen LogP contribution in [-0.4, -0.2) is 59.1 Å². The third-order valence-electron chi connectivity index (χ3n) is 4.06. The molecule has 1 amide bonds. The number of carbonyl (C=O) groups is 1. The second-order valence-corrected chi connectivity index (χ2v) is 5.09. The van der Waals surface area contributed by atoms with E-state index in [1.807, 2.05) is 25.7 Å². The predicted octanol–water partition coefficient (Wildman–Crippen LogP) is 1.48. The van der Waals surface area contributed by atoms with E-state index in [-0.39, 0.29) is 18.6 Å². The molecule has 1 aliphatic heterocycles. The van der Waals surface area contributed by atoms with Gasteiger partial charge in [0.05, 0.1) is 6.04 Å². The highest BCUT2D eigenvalue weighted by atomic mass is 16.3. The molecule has 0 aromatic heterocycles. The Bertz CT molecular complexity index is 252. The molecule has 0 radical (unpaired) electrons. The van der Waals surface area contributed by atoms with Crippen molar-refractivity contribution in [2.24, 2.45) is 0 Å². The second-order valence-electron chi connectivity index (χ2n) is 5.09. The zero-order valence-corrected chi connectivity index (χ0v) is 12.1. The number of piperidine rings is 1. The topological polar surface area (TPSA) is 43.8 Å². The van der Waals surface area contributed by atoms with Gasteiger partial charge in [0.25, 0.3) is 0 Å². The van der Waals surface area contributed by atoms with E-state index in [1.165, 1.54) is 6.42 Å². The first-order valence-corrected chi connectivity index (χ1v) is 7.31. The normalized spacial score (nSPS) is 22.8. The van der Waals surface area contributed by atoms with E-state index < -0.39 is 0 Å². The molecule has 0 aromatic rings. The lowest BCUT2D eigenvalue weighted by atomic mass is 9.97. The summed E-state index contributed by atoms with van der Waals surface area (Å²) >= 11 is 0. The van der Waals surface area contributed by atoms with Gasteiger partial charge in [-0.1, -0.05) is 6.42 Å². The standard InChI is InChI=1S/C14H28N2O2/c1-4-15(5-2)14(18)12(3)16-10-7-6-8-13(16)9-11-17/h12-13,17H,4-11H2,1-3H3. The maximum atomic E-state index is 12.4. The van der Waals surface area contributed by atoms with Crippen molar-refractivity contribution in [2.75, 3.05) is 26.2 Å². The number of aliphatic hydroxyl groups is 1. The fraction of sp³-hybridized carbons (Fsp3) is 0.929. The van der Waals surface area contributed by atoms with Crippen LogP contribution < -0.4 is 0 Å². The summed E-state index contributed by atoms with van der Waals surface area (Å²) in [7, 11) is 0. The zero-order chi connectivity index (χ0) is 13.5. The lowest BCUT2D eigenvalue weighted by Gasteiger charge is -2.40. The van der Waals surface area contributed by atoms with Crippen LogP contribution in [-0.2, 0) is 4.79 Å². The molecule has 0 saturated carbocycles. The molecule has 2 atom stereocenters. The highest BCUT2D eigenvalue weighted by Crippen LogP contribution is 2.22. The quantitative estimate of drug-likeness (QED) is 0.783. The van der Waals surface area contributed by atoms with Crippen molar-refractivity contribution in [3.05, 3.63) is 0 Å². The van der Waals surface area contributed by atoms with Gasteiger partial charge in [-0.3, -0.25) is 9.69 Å². The van der Waals surface area contributed by atoms with Crippen LogP contribution in [0.5, 0.6) is 0 Å². The van der Waals surface area contributed by atoms with E-state index in [0.717, 1.165) is 38.9 Å². The van der Waals surface area contributed by atoms with Crippen molar-refractivity contribution in [1.29, 1.82) is 0 Å². The van der Waals surface area contributed by atoms with Gasteiger partial charge in [-0.2, -0.15) is 0 Å². The minimum atomic E-state index is -0.0539. The summed E-state index contributed by atoms with van der Waals surface area (Å²) < 4.78 is 0. The Hall–Kier alpha value is -0.610. The van der Waals surface area contributed by atoms with Crippen LogP contribution in [0.4, 0.5) is 0 Å². The van der Waals surface area contributed by atoms with E-state index in [2.05, 4.69) is 4.90 Å². The fourth-order valence-corrected chi connectivity index (χ4v) is 2.93. The van der Waals surface area contributed by atoms with Crippen molar-refractivity contribution >= 4 is 5.91 Å². The Balaban J connectivity index is 2.66. The Labute approximate surface area is 111 Å².